The summed E-state index contributed by atoms with van der Waals surface area (Å²) < 4.78 is 5.42. The first-order valence-electron chi connectivity index (χ1n) is 7.53. The first-order chi connectivity index (χ1) is 12.3. The van der Waals surface area contributed by atoms with Crippen LogP contribution < -0.4 is 4.90 Å². The Hall–Kier alpha value is -3.19. The maximum absolute atomic E-state index is 12.9. The number of nitrogens with zero attached hydrogens (tertiary/aromatic N) is 2. The predicted octanol–water partition coefficient (Wildman–Crippen LogP) is 3.66. The summed E-state index contributed by atoms with van der Waals surface area (Å²) >= 11 is 5.90. The molecule has 0 atom stereocenters. The summed E-state index contributed by atoms with van der Waals surface area (Å²) in [5, 5.41) is 11.6. The average Bonchev–Trinajstić information content (AvgIpc) is 2.89. The fraction of sp³-hybridized carbons (Fsp3) is 0.111. The first-order valence-corrected chi connectivity index (χ1v) is 7.91. The Bertz CT molecular complexity index is 966. The topological polar surface area (TPSA) is 89.8 Å². The van der Waals surface area contributed by atoms with Crippen LogP contribution in [-0.2, 0) is 14.3 Å². The number of hydrogen-bond donors (Lipinski definition) is 0. The van der Waals surface area contributed by atoms with Gasteiger partial charge >= 0.3 is 0 Å². The lowest BCUT2D eigenvalue weighted by molar-refractivity contribution is -0.384. The highest BCUT2D eigenvalue weighted by atomic mass is 35.5. The maximum Gasteiger partial charge on any atom is 0.270 e. The van der Waals surface area contributed by atoms with Gasteiger partial charge in [-0.3, -0.25) is 19.7 Å². The van der Waals surface area contributed by atoms with Crippen LogP contribution in [0.25, 0.3) is 11.3 Å². The molecular formula is C18H13ClN2O5. The van der Waals surface area contributed by atoms with E-state index in [2.05, 4.69) is 0 Å². The number of methoxy groups -OCH3 is 1. The Balaban J connectivity index is 2.31. The molecule has 1 aliphatic heterocycles. The quantitative estimate of drug-likeness (QED) is 0.355. The second-order valence-corrected chi connectivity index (χ2v) is 5.97. The lowest BCUT2D eigenvalue weighted by Gasteiger charge is -2.12. The molecule has 0 saturated carbocycles. The third-order valence-corrected chi connectivity index (χ3v) is 4.22. The van der Waals surface area contributed by atoms with Crippen molar-refractivity contribution in [1.82, 2.24) is 0 Å². The van der Waals surface area contributed by atoms with Gasteiger partial charge in [0.05, 0.1) is 23.3 Å². The molecule has 0 N–H and O–H groups in total. The minimum atomic E-state index is -0.597. The standard InChI is InChI=1S/C18H13ClN2O5/c1-10(22)20-15-8-7-13(21(24)25)9-14(15)16(18(20)23)17(26-2)11-3-5-12(19)6-4-11/h3-9H,1-2H3. The van der Waals surface area contributed by atoms with E-state index < -0.39 is 16.7 Å². The van der Waals surface area contributed by atoms with Crippen molar-refractivity contribution in [2.45, 2.75) is 6.92 Å². The highest BCUT2D eigenvalue weighted by molar-refractivity contribution is 6.43. The molecule has 0 saturated heterocycles. The molecule has 0 fully saturated rings. The van der Waals surface area contributed by atoms with Gasteiger partial charge in [0, 0.05) is 35.2 Å². The van der Waals surface area contributed by atoms with Crippen LogP contribution in [-0.4, -0.2) is 23.8 Å². The molecule has 0 radical (unpaired) electrons. The summed E-state index contributed by atoms with van der Waals surface area (Å²) in [7, 11) is 1.39. The van der Waals surface area contributed by atoms with Gasteiger partial charge in [-0.15, -0.1) is 0 Å². The van der Waals surface area contributed by atoms with E-state index in [9.17, 15) is 19.7 Å². The summed E-state index contributed by atoms with van der Waals surface area (Å²) in [6.07, 6.45) is 0. The zero-order valence-corrected chi connectivity index (χ0v) is 14.6. The van der Waals surface area contributed by atoms with Crippen LogP contribution in [0.1, 0.15) is 18.1 Å². The van der Waals surface area contributed by atoms with Gasteiger partial charge in [0.1, 0.15) is 5.76 Å². The average molecular weight is 373 g/mol. The van der Waals surface area contributed by atoms with Crippen LogP contribution in [0.2, 0.25) is 5.02 Å². The number of ether oxygens (including phenoxy) is 1. The molecule has 132 valence electrons. The Morgan fingerprint density at radius 2 is 1.85 bits per heavy atom. The molecule has 26 heavy (non-hydrogen) atoms. The molecule has 0 spiro atoms. The van der Waals surface area contributed by atoms with Crippen LogP contribution in [0.5, 0.6) is 0 Å². The van der Waals surface area contributed by atoms with Gasteiger partial charge in [0.25, 0.3) is 11.6 Å². The number of carbonyl (C=O) groups is 2. The SMILES string of the molecule is COC(=C1C(=O)N(C(C)=O)c2ccc([N+](=O)[O-])cc21)c1ccc(Cl)cc1. The van der Waals surface area contributed by atoms with E-state index in [4.69, 9.17) is 16.3 Å². The molecule has 0 bridgehead atoms. The Morgan fingerprint density at radius 1 is 1.19 bits per heavy atom. The largest absolute Gasteiger partial charge is 0.495 e. The van der Waals surface area contributed by atoms with E-state index in [1.807, 2.05) is 0 Å². The van der Waals surface area contributed by atoms with Crippen molar-refractivity contribution in [2.24, 2.45) is 0 Å². The van der Waals surface area contributed by atoms with Crippen molar-refractivity contribution in [1.29, 1.82) is 0 Å². The number of non-ortho nitro benzene ring substituents is 1. The fourth-order valence-electron chi connectivity index (χ4n) is 2.87. The third kappa shape index (κ3) is 2.82. The summed E-state index contributed by atoms with van der Waals surface area (Å²) in [4.78, 5) is 36.4. The predicted molar refractivity (Wildman–Crippen MR) is 96.5 cm³/mol. The number of imide groups is 1. The normalized spacial score (nSPS) is 14.9. The van der Waals surface area contributed by atoms with E-state index in [0.29, 0.717) is 10.6 Å². The Kier molecular flexibility index (Phi) is 4.48. The van der Waals surface area contributed by atoms with Gasteiger partial charge in [0.15, 0.2) is 0 Å². The highest BCUT2D eigenvalue weighted by Gasteiger charge is 2.39. The zero-order chi connectivity index (χ0) is 19.0. The molecule has 0 unspecified atom stereocenters. The lowest BCUT2D eigenvalue weighted by Crippen LogP contribution is -2.31. The van der Waals surface area contributed by atoms with Gasteiger partial charge in [0.2, 0.25) is 5.91 Å². The molecule has 1 aliphatic rings. The first kappa shape index (κ1) is 17.6. The second kappa shape index (κ2) is 6.61. The van der Waals surface area contributed by atoms with E-state index in [-0.39, 0.29) is 28.3 Å². The van der Waals surface area contributed by atoms with Crippen LogP contribution in [0, 0.1) is 10.1 Å². The highest BCUT2D eigenvalue weighted by Crippen LogP contribution is 2.42. The van der Waals surface area contributed by atoms with Gasteiger partial charge in [-0.05, 0) is 30.3 Å². The maximum atomic E-state index is 12.9. The molecule has 2 aromatic carbocycles. The van der Waals surface area contributed by atoms with Gasteiger partial charge in [-0.1, -0.05) is 11.6 Å². The number of nitro groups is 1. The Morgan fingerprint density at radius 3 is 2.38 bits per heavy atom. The van der Waals surface area contributed by atoms with Crippen molar-refractivity contribution in [3.8, 4) is 0 Å². The number of fused-ring (bicyclic) bond motifs is 1. The number of benzene rings is 2. The Labute approximate surface area is 153 Å². The molecule has 7 nitrogen and oxygen atoms in total. The van der Waals surface area contributed by atoms with E-state index in [0.717, 1.165) is 4.90 Å². The van der Waals surface area contributed by atoms with E-state index >= 15 is 0 Å². The van der Waals surface area contributed by atoms with Gasteiger partial charge in [-0.25, -0.2) is 4.90 Å². The van der Waals surface area contributed by atoms with Crippen molar-refractivity contribution in [3.05, 3.63) is 68.7 Å². The number of carbonyl (C=O) groups excluding carboxylic acids is 2. The smallest absolute Gasteiger partial charge is 0.270 e. The van der Waals surface area contributed by atoms with Gasteiger partial charge in [-0.2, -0.15) is 0 Å². The summed E-state index contributed by atoms with van der Waals surface area (Å²) in [6, 6.07) is 10.5. The second-order valence-electron chi connectivity index (χ2n) is 5.53. The molecule has 0 aliphatic carbocycles. The van der Waals surface area contributed by atoms with Crippen molar-refractivity contribution < 1.29 is 19.2 Å². The third-order valence-electron chi connectivity index (χ3n) is 3.97. The fourth-order valence-corrected chi connectivity index (χ4v) is 2.99. The number of anilines is 1. The van der Waals surface area contributed by atoms with E-state index in [1.54, 1.807) is 24.3 Å². The van der Waals surface area contributed by atoms with Crippen LogP contribution in [0.4, 0.5) is 11.4 Å². The number of amides is 2. The number of rotatable bonds is 3. The molecule has 3 rings (SSSR count). The molecule has 2 aromatic rings. The number of hydrogen-bond acceptors (Lipinski definition) is 5. The number of nitro benzene ring substituents is 1. The molecular weight excluding hydrogens is 360 g/mol. The molecule has 0 aromatic heterocycles. The van der Waals surface area contributed by atoms with E-state index in [1.165, 1.54) is 32.2 Å². The van der Waals surface area contributed by atoms with Crippen molar-refractivity contribution in [3.63, 3.8) is 0 Å². The summed E-state index contributed by atoms with van der Waals surface area (Å²) in [6.45, 7) is 1.25. The molecule has 2 amide bonds. The summed E-state index contributed by atoms with van der Waals surface area (Å²) in [5.74, 6) is -0.886. The van der Waals surface area contributed by atoms with Crippen LogP contribution >= 0.6 is 11.6 Å². The minimum Gasteiger partial charge on any atom is -0.495 e. The monoisotopic (exact) mass is 372 g/mol. The van der Waals surface area contributed by atoms with Gasteiger partial charge < -0.3 is 4.74 Å². The van der Waals surface area contributed by atoms with Crippen molar-refractivity contribution >= 4 is 46.1 Å². The van der Waals surface area contributed by atoms with Crippen LogP contribution in [0.3, 0.4) is 0 Å². The molecule has 1 heterocycles. The number of halogens is 1. The summed E-state index contributed by atoms with van der Waals surface area (Å²) in [5.41, 5.74) is 1.01. The minimum absolute atomic E-state index is 0.0868. The van der Waals surface area contributed by atoms with Crippen molar-refractivity contribution in [2.75, 3.05) is 12.0 Å². The zero-order valence-electron chi connectivity index (χ0n) is 13.9. The lowest BCUT2D eigenvalue weighted by atomic mass is 10.0. The van der Waals surface area contributed by atoms with Crippen LogP contribution in [0.15, 0.2) is 42.5 Å². The molecule has 8 heteroatoms.